The Balaban J connectivity index is 3.16. The van der Waals surface area contributed by atoms with Crippen molar-refractivity contribution in [1.82, 2.24) is 16.0 Å². The fourth-order valence-corrected chi connectivity index (χ4v) is 1.39. The minimum Gasteiger partial charge on any atom is -0.356 e. The summed E-state index contributed by atoms with van der Waals surface area (Å²) in [6, 6.07) is 0. The first kappa shape index (κ1) is 11.4. The van der Waals surface area contributed by atoms with Crippen LogP contribution < -0.4 is 21.7 Å². The average molecular weight is 247 g/mol. The Kier molecular flexibility index (Phi) is 9.03. The number of unbranched alkanes of at least 4 members (excludes halogenated alkanes) is 1. The first-order chi connectivity index (χ1) is 9.48. The van der Waals surface area contributed by atoms with Crippen molar-refractivity contribution in [2.75, 3.05) is 39.3 Å². The van der Waals surface area contributed by atoms with Crippen LogP contribution in [0.2, 0.25) is 0 Å². The summed E-state index contributed by atoms with van der Waals surface area (Å²) in [5, 5.41) is 8.97. The Labute approximate surface area is 109 Å². The molecule has 0 unspecified atom stereocenters. The summed E-state index contributed by atoms with van der Waals surface area (Å²) in [7, 11) is 0. The van der Waals surface area contributed by atoms with Gasteiger partial charge in [0.1, 0.15) is 0 Å². The average Bonchev–Trinajstić information content (AvgIpc) is 2.38. The summed E-state index contributed by atoms with van der Waals surface area (Å²) >= 11 is 0. The van der Waals surface area contributed by atoms with Gasteiger partial charge in [0.2, 0.25) is 5.91 Å². The molecule has 0 saturated heterocycles. The lowest BCUT2D eigenvalue weighted by atomic mass is 10.3. The first-order valence-corrected chi connectivity index (χ1v) is 6.38. The SMILES string of the molecule is [2H]C([2H])([2H])C(=O)NCCCNCCCCNCCCN. The monoisotopic (exact) mass is 247 g/mol. The van der Waals surface area contributed by atoms with Gasteiger partial charge in [-0.3, -0.25) is 4.79 Å². The van der Waals surface area contributed by atoms with E-state index in [1.807, 2.05) is 0 Å². The molecule has 102 valence electrons. The molecule has 0 spiro atoms. The van der Waals surface area contributed by atoms with Crippen molar-refractivity contribution in [3.63, 3.8) is 0 Å². The number of carbonyl (C=O) groups is 1. The van der Waals surface area contributed by atoms with E-state index in [2.05, 4.69) is 16.0 Å². The van der Waals surface area contributed by atoms with Crippen molar-refractivity contribution in [2.24, 2.45) is 5.73 Å². The van der Waals surface area contributed by atoms with Crippen molar-refractivity contribution in [3.05, 3.63) is 0 Å². The van der Waals surface area contributed by atoms with Gasteiger partial charge in [-0.25, -0.2) is 0 Å². The van der Waals surface area contributed by atoms with E-state index in [0.717, 1.165) is 58.4 Å². The predicted molar refractivity (Wildman–Crippen MR) is 71.9 cm³/mol. The van der Waals surface area contributed by atoms with E-state index in [1.54, 1.807) is 0 Å². The lowest BCUT2D eigenvalue weighted by molar-refractivity contribution is -0.118. The molecule has 0 aromatic rings. The molecule has 17 heavy (non-hydrogen) atoms. The molecule has 0 aliphatic rings. The highest BCUT2D eigenvalue weighted by Gasteiger charge is 1.92. The topological polar surface area (TPSA) is 79.2 Å². The lowest BCUT2D eigenvalue weighted by Gasteiger charge is -2.06. The summed E-state index contributed by atoms with van der Waals surface area (Å²) in [5.74, 6) is -0.874. The third-order valence-corrected chi connectivity index (χ3v) is 2.33. The van der Waals surface area contributed by atoms with Gasteiger partial charge in [0.25, 0.3) is 0 Å². The zero-order chi connectivity index (χ0) is 15.3. The van der Waals surface area contributed by atoms with E-state index < -0.39 is 12.8 Å². The lowest BCUT2D eigenvalue weighted by Crippen LogP contribution is -2.26. The summed E-state index contributed by atoms with van der Waals surface area (Å²) in [6.07, 6.45) is 3.96. The molecule has 0 aliphatic carbocycles. The van der Waals surface area contributed by atoms with E-state index in [-0.39, 0.29) is 0 Å². The van der Waals surface area contributed by atoms with Gasteiger partial charge in [0, 0.05) is 17.5 Å². The van der Waals surface area contributed by atoms with Gasteiger partial charge in [0.05, 0.1) is 0 Å². The fourth-order valence-electron chi connectivity index (χ4n) is 1.39. The van der Waals surface area contributed by atoms with Crippen LogP contribution in [0.5, 0.6) is 0 Å². The van der Waals surface area contributed by atoms with Crippen LogP contribution in [0.15, 0.2) is 0 Å². The number of amides is 1. The Hall–Kier alpha value is -0.650. The van der Waals surface area contributed by atoms with E-state index in [1.165, 1.54) is 0 Å². The third kappa shape index (κ3) is 15.4. The maximum atomic E-state index is 11.0. The number of carbonyl (C=O) groups excluding carboxylic acids is 1. The van der Waals surface area contributed by atoms with E-state index in [0.29, 0.717) is 6.54 Å². The highest BCUT2D eigenvalue weighted by atomic mass is 16.1. The van der Waals surface area contributed by atoms with Crippen LogP contribution in [-0.2, 0) is 4.79 Å². The van der Waals surface area contributed by atoms with E-state index >= 15 is 0 Å². The molecule has 0 aromatic heterocycles. The van der Waals surface area contributed by atoms with Crippen LogP contribution in [0.25, 0.3) is 0 Å². The largest absolute Gasteiger partial charge is 0.356 e. The molecule has 0 aromatic carbocycles. The van der Waals surface area contributed by atoms with Crippen LogP contribution in [0.1, 0.15) is 36.6 Å². The number of nitrogens with one attached hydrogen (secondary N) is 3. The molecule has 5 heteroatoms. The van der Waals surface area contributed by atoms with Gasteiger partial charge in [-0.05, 0) is 58.4 Å². The Morgan fingerprint density at radius 1 is 1.00 bits per heavy atom. The summed E-state index contributed by atoms with van der Waals surface area (Å²) in [4.78, 5) is 11.0. The maximum Gasteiger partial charge on any atom is 0.216 e. The van der Waals surface area contributed by atoms with Gasteiger partial charge in [0.15, 0.2) is 0 Å². The minimum atomic E-state index is -2.54. The van der Waals surface area contributed by atoms with Gasteiger partial charge in [-0.15, -0.1) is 0 Å². The number of rotatable bonds is 12. The summed E-state index contributed by atoms with van der Waals surface area (Å²) in [6.45, 7) is 2.29. The number of hydrogen-bond acceptors (Lipinski definition) is 4. The van der Waals surface area contributed by atoms with Gasteiger partial charge < -0.3 is 21.7 Å². The molecule has 0 heterocycles. The van der Waals surface area contributed by atoms with Crippen molar-refractivity contribution in [2.45, 2.75) is 32.5 Å². The van der Waals surface area contributed by atoms with Crippen molar-refractivity contribution >= 4 is 5.91 Å². The molecule has 0 atom stereocenters. The molecule has 5 N–H and O–H groups in total. The maximum absolute atomic E-state index is 11.0. The molecule has 0 bridgehead atoms. The van der Waals surface area contributed by atoms with E-state index in [4.69, 9.17) is 9.85 Å². The summed E-state index contributed by atoms with van der Waals surface area (Å²) < 4.78 is 20.7. The summed E-state index contributed by atoms with van der Waals surface area (Å²) in [5.41, 5.74) is 5.38. The van der Waals surface area contributed by atoms with Gasteiger partial charge in [-0.2, -0.15) is 0 Å². The number of hydrogen-bond donors (Lipinski definition) is 4. The molecule has 1 amide bonds. The van der Waals surface area contributed by atoms with E-state index in [9.17, 15) is 4.79 Å². The molecule has 5 nitrogen and oxygen atoms in total. The highest BCUT2D eigenvalue weighted by Crippen LogP contribution is 1.85. The van der Waals surface area contributed by atoms with Crippen LogP contribution in [-0.4, -0.2) is 45.2 Å². The van der Waals surface area contributed by atoms with Crippen molar-refractivity contribution < 1.29 is 8.91 Å². The Morgan fingerprint density at radius 2 is 1.59 bits per heavy atom. The molecule has 0 rings (SSSR count). The second-order valence-electron chi connectivity index (χ2n) is 3.96. The van der Waals surface area contributed by atoms with Crippen molar-refractivity contribution in [3.8, 4) is 0 Å². The van der Waals surface area contributed by atoms with Crippen LogP contribution in [0, 0.1) is 0 Å². The molecular formula is C12H28N4O. The smallest absolute Gasteiger partial charge is 0.216 e. The van der Waals surface area contributed by atoms with Crippen LogP contribution in [0.4, 0.5) is 0 Å². The highest BCUT2D eigenvalue weighted by molar-refractivity contribution is 5.72. The zero-order valence-corrected chi connectivity index (χ0v) is 10.6. The normalized spacial score (nSPS) is 13.8. The van der Waals surface area contributed by atoms with Gasteiger partial charge >= 0.3 is 0 Å². The first-order valence-electron chi connectivity index (χ1n) is 7.88. The fraction of sp³-hybridized carbons (Fsp3) is 0.917. The second kappa shape index (κ2) is 13.4. The quantitative estimate of drug-likeness (QED) is 0.361. The minimum absolute atomic E-state index is 0.394. The van der Waals surface area contributed by atoms with Crippen LogP contribution in [0.3, 0.4) is 0 Å². The third-order valence-electron chi connectivity index (χ3n) is 2.33. The molecule has 0 fully saturated rings. The zero-order valence-electron chi connectivity index (χ0n) is 13.6. The standard InChI is InChI=1S/C12H28N4O/c1-12(17)16-11-5-10-15-8-3-2-7-14-9-4-6-13/h14-15H,2-11,13H2,1H3,(H,16,17)/i1D3. The Bertz CT molecular complexity index is 249. The number of nitrogens with two attached hydrogens (primary N) is 1. The molecule has 0 saturated carbocycles. The second-order valence-corrected chi connectivity index (χ2v) is 3.96. The molecule has 0 aliphatic heterocycles. The van der Waals surface area contributed by atoms with Crippen molar-refractivity contribution in [1.29, 1.82) is 0 Å². The van der Waals surface area contributed by atoms with Crippen LogP contribution >= 0.6 is 0 Å². The Morgan fingerprint density at radius 3 is 2.18 bits per heavy atom. The predicted octanol–water partition coefficient (Wildman–Crippen LogP) is -0.179. The molecular weight excluding hydrogens is 216 g/mol. The van der Waals surface area contributed by atoms with Gasteiger partial charge in [-0.1, -0.05) is 0 Å². The molecule has 0 radical (unpaired) electrons.